The predicted octanol–water partition coefficient (Wildman–Crippen LogP) is 5.75. The normalized spacial score (nSPS) is 13.9. The highest BCUT2D eigenvalue weighted by molar-refractivity contribution is 7.87. The van der Waals surface area contributed by atoms with Crippen molar-refractivity contribution in [2.45, 2.75) is 4.90 Å². The van der Waals surface area contributed by atoms with E-state index >= 15 is 0 Å². The van der Waals surface area contributed by atoms with Crippen molar-refractivity contribution < 1.29 is 26.9 Å². The summed E-state index contributed by atoms with van der Waals surface area (Å²) >= 11 is 0. The van der Waals surface area contributed by atoms with E-state index in [0.29, 0.717) is 11.3 Å². The van der Waals surface area contributed by atoms with Crippen molar-refractivity contribution in [2.75, 3.05) is 7.11 Å². The fourth-order valence-corrected chi connectivity index (χ4v) is 4.61. The number of allylic oxidation sites excluding steroid dienone is 1. The second-order valence-electron chi connectivity index (χ2n) is 7.80. The Bertz CT molecular complexity index is 1520. The van der Waals surface area contributed by atoms with Gasteiger partial charge in [-0.05, 0) is 59.2 Å². The molecule has 174 valence electrons. The summed E-state index contributed by atoms with van der Waals surface area (Å²) in [6, 6.07) is 27.9. The van der Waals surface area contributed by atoms with Crippen LogP contribution in [-0.4, -0.2) is 21.3 Å². The summed E-state index contributed by atoms with van der Waals surface area (Å²) in [7, 11) is -2.57. The maximum Gasteiger partial charge on any atom is 0.339 e. The number of carbonyl (C=O) groups excluding carboxylic acids is 1. The van der Waals surface area contributed by atoms with Crippen LogP contribution < -0.4 is 13.7 Å². The van der Waals surface area contributed by atoms with Gasteiger partial charge in [0.15, 0.2) is 5.76 Å². The summed E-state index contributed by atoms with van der Waals surface area (Å²) in [5, 5.41) is 0. The summed E-state index contributed by atoms with van der Waals surface area (Å²) in [4.78, 5) is 12.8. The Balaban J connectivity index is 1.34. The van der Waals surface area contributed by atoms with Gasteiger partial charge in [-0.1, -0.05) is 54.6 Å². The Labute approximate surface area is 203 Å². The number of ether oxygens (including phenoxy) is 2. The summed E-state index contributed by atoms with van der Waals surface area (Å²) < 4.78 is 41.3. The predicted molar refractivity (Wildman–Crippen MR) is 132 cm³/mol. The standard InChI is InChI=1S/C28H20O6S/c1-32-22-11-14-24(15-12-22)35(30,31)34-23-13-16-25-26(18-23)33-27(28(25)29)17-19-7-9-21(10-8-19)20-5-3-2-4-6-20/h2-18H,1H3. The molecule has 4 aromatic carbocycles. The second kappa shape index (κ2) is 9.12. The van der Waals surface area contributed by atoms with E-state index in [9.17, 15) is 13.2 Å². The van der Waals surface area contributed by atoms with Gasteiger partial charge in [0.1, 0.15) is 22.1 Å². The molecule has 0 saturated carbocycles. The molecule has 5 rings (SSSR count). The van der Waals surface area contributed by atoms with Crippen LogP contribution >= 0.6 is 0 Å². The van der Waals surface area contributed by atoms with E-state index in [1.807, 2.05) is 54.6 Å². The van der Waals surface area contributed by atoms with Gasteiger partial charge in [0.25, 0.3) is 0 Å². The minimum absolute atomic E-state index is 0.0182. The van der Waals surface area contributed by atoms with Crippen molar-refractivity contribution in [3.05, 3.63) is 114 Å². The van der Waals surface area contributed by atoms with Crippen LogP contribution in [0.2, 0.25) is 0 Å². The van der Waals surface area contributed by atoms with Crippen molar-refractivity contribution in [2.24, 2.45) is 0 Å². The maximum absolute atomic E-state index is 12.8. The quantitative estimate of drug-likeness (QED) is 0.256. The first-order valence-corrected chi connectivity index (χ1v) is 12.2. The lowest BCUT2D eigenvalue weighted by Crippen LogP contribution is -2.09. The third-order valence-electron chi connectivity index (χ3n) is 5.51. The SMILES string of the molecule is COc1ccc(S(=O)(=O)Oc2ccc3c(c2)OC(=Cc2ccc(-c4ccccc4)cc2)C3=O)cc1. The molecule has 4 aromatic rings. The van der Waals surface area contributed by atoms with E-state index in [4.69, 9.17) is 13.7 Å². The summed E-state index contributed by atoms with van der Waals surface area (Å²) in [6.45, 7) is 0. The number of hydrogen-bond donors (Lipinski definition) is 0. The van der Waals surface area contributed by atoms with E-state index in [1.54, 1.807) is 6.08 Å². The molecule has 0 radical (unpaired) electrons. The zero-order chi connectivity index (χ0) is 24.4. The topological polar surface area (TPSA) is 78.9 Å². The lowest BCUT2D eigenvalue weighted by Gasteiger charge is -2.08. The first-order chi connectivity index (χ1) is 16.9. The smallest absolute Gasteiger partial charge is 0.339 e. The van der Waals surface area contributed by atoms with Gasteiger partial charge < -0.3 is 13.7 Å². The number of carbonyl (C=O) groups is 1. The fourth-order valence-electron chi connectivity index (χ4n) is 3.69. The minimum Gasteiger partial charge on any atom is -0.497 e. The third kappa shape index (κ3) is 4.67. The zero-order valence-electron chi connectivity index (χ0n) is 18.7. The lowest BCUT2D eigenvalue weighted by molar-refractivity contribution is 0.101. The van der Waals surface area contributed by atoms with E-state index in [-0.39, 0.29) is 27.9 Å². The number of rotatable bonds is 6. The molecule has 0 atom stereocenters. The van der Waals surface area contributed by atoms with Crippen LogP contribution in [-0.2, 0) is 10.1 Å². The highest BCUT2D eigenvalue weighted by Gasteiger charge is 2.28. The van der Waals surface area contributed by atoms with Crippen LogP contribution in [0.25, 0.3) is 17.2 Å². The van der Waals surface area contributed by atoms with Gasteiger partial charge in [-0.3, -0.25) is 4.79 Å². The van der Waals surface area contributed by atoms with Crippen molar-refractivity contribution in [1.82, 2.24) is 0 Å². The molecule has 0 unspecified atom stereocenters. The maximum atomic E-state index is 12.8. The van der Waals surface area contributed by atoms with Crippen molar-refractivity contribution in [3.63, 3.8) is 0 Å². The number of methoxy groups -OCH3 is 1. The van der Waals surface area contributed by atoms with E-state index in [2.05, 4.69) is 0 Å². The van der Waals surface area contributed by atoms with Crippen LogP contribution in [0.3, 0.4) is 0 Å². The average molecular weight is 485 g/mol. The highest BCUT2D eigenvalue weighted by atomic mass is 32.2. The Morgan fingerprint density at radius 2 is 1.43 bits per heavy atom. The van der Waals surface area contributed by atoms with Gasteiger partial charge in [0.05, 0.1) is 12.7 Å². The molecule has 6 nitrogen and oxygen atoms in total. The average Bonchev–Trinajstić information content (AvgIpc) is 3.19. The summed E-state index contributed by atoms with van der Waals surface area (Å²) in [6.07, 6.45) is 1.66. The molecule has 1 aliphatic rings. The monoisotopic (exact) mass is 484 g/mol. The van der Waals surface area contributed by atoms with Crippen molar-refractivity contribution >= 4 is 22.0 Å². The van der Waals surface area contributed by atoms with Gasteiger partial charge in [0.2, 0.25) is 5.78 Å². The fraction of sp³-hybridized carbons (Fsp3) is 0.0357. The molecule has 1 aliphatic heterocycles. The molecule has 0 bridgehead atoms. The molecule has 35 heavy (non-hydrogen) atoms. The molecular weight excluding hydrogens is 464 g/mol. The first-order valence-electron chi connectivity index (χ1n) is 10.8. The molecule has 0 N–H and O–H groups in total. The van der Waals surface area contributed by atoms with Gasteiger partial charge in [0, 0.05) is 6.07 Å². The van der Waals surface area contributed by atoms with Gasteiger partial charge >= 0.3 is 10.1 Å². The Hall–Kier alpha value is -4.36. The molecule has 0 spiro atoms. The van der Waals surface area contributed by atoms with Gasteiger partial charge in [-0.25, -0.2) is 0 Å². The molecular formula is C28H20O6S. The van der Waals surface area contributed by atoms with Crippen molar-refractivity contribution in [1.29, 1.82) is 0 Å². The second-order valence-corrected chi connectivity index (χ2v) is 9.35. The number of ketones is 1. The Morgan fingerprint density at radius 3 is 2.11 bits per heavy atom. The zero-order valence-corrected chi connectivity index (χ0v) is 19.5. The molecule has 7 heteroatoms. The molecule has 0 aromatic heterocycles. The van der Waals surface area contributed by atoms with Crippen LogP contribution in [0.15, 0.2) is 108 Å². The lowest BCUT2D eigenvalue weighted by atomic mass is 10.0. The van der Waals surface area contributed by atoms with Crippen molar-refractivity contribution in [3.8, 4) is 28.4 Å². The highest BCUT2D eigenvalue weighted by Crippen LogP contribution is 2.36. The summed E-state index contributed by atoms with van der Waals surface area (Å²) in [5.74, 6) is 0.687. The first kappa shape index (κ1) is 22.4. The van der Waals surface area contributed by atoms with Crippen LogP contribution in [0.4, 0.5) is 0 Å². The molecule has 0 aliphatic carbocycles. The number of fused-ring (bicyclic) bond motifs is 1. The van der Waals surface area contributed by atoms with E-state index in [1.165, 1.54) is 49.6 Å². The largest absolute Gasteiger partial charge is 0.497 e. The Morgan fingerprint density at radius 1 is 0.771 bits per heavy atom. The van der Waals surface area contributed by atoms with E-state index in [0.717, 1.165) is 16.7 Å². The third-order valence-corrected chi connectivity index (χ3v) is 6.77. The minimum atomic E-state index is -4.07. The van der Waals surface area contributed by atoms with Crippen LogP contribution in [0.5, 0.6) is 17.2 Å². The van der Waals surface area contributed by atoms with Gasteiger partial charge in [-0.15, -0.1) is 0 Å². The molecule has 0 saturated heterocycles. The Kier molecular flexibility index (Phi) is 5.84. The molecule has 0 amide bonds. The van der Waals surface area contributed by atoms with E-state index < -0.39 is 10.1 Å². The summed E-state index contributed by atoms with van der Waals surface area (Å²) in [5.41, 5.74) is 3.31. The van der Waals surface area contributed by atoms with Crippen LogP contribution in [0, 0.1) is 0 Å². The van der Waals surface area contributed by atoms with Gasteiger partial charge in [-0.2, -0.15) is 8.42 Å². The van der Waals surface area contributed by atoms with Crippen LogP contribution in [0.1, 0.15) is 15.9 Å². The number of hydrogen-bond acceptors (Lipinski definition) is 6. The molecule has 0 fully saturated rings. The molecule has 1 heterocycles. The number of Topliss-reactive ketones (excluding diaryl/α,β-unsaturated/α-hetero) is 1. The number of benzene rings is 4.